The van der Waals surface area contributed by atoms with E-state index in [0.717, 1.165) is 18.1 Å². The summed E-state index contributed by atoms with van der Waals surface area (Å²) < 4.78 is 0. The highest BCUT2D eigenvalue weighted by Crippen LogP contribution is 2.41. The predicted octanol–water partition coefficient (Wildman–Crippen LogP) is 2.38. The third-order valence-corrected chi connectivity index (χ3v) is 3.98. The van der Waals surface area contributed by atoms with Crippen molar-refractivity contribution in [2.24, 2.45) is 5.73 Å². The summed E-state index contributed by atoms with van der Waals surface area (Å²) in [5, 5.41) is 3.38. The molecule has 4 nitrogen and oxygen atoms in total. The molecule has 0 saturated heterocycles. The number of nitrogens with two attached hydrogens (primary N) is 1. The topological polar surface area (TPSA) is 63.8 Å². The minimum absolute atomic E-state index is 0.630. The Morgan fingerprint density at radius 1 is 1.17 bits per heavy atom. The van der Waals surface area contributed by atoms with Crippen molar-refractivity contribution >= 4 is 5.69 Å². The molecule has 18 heavy (non-hydrogen) atoms. The quantitative estimate of drug-likeness (QED) is 0.837. The summed E-state index contributed by atoms with van der Waals surface area (Å²) in [5.41, 5.74) is 7.92. The van der Waals surface area contributed by atoms with Gasteiger partial charge in [-0.3, -0.25) is 0 Å². The second-order valence-electron chi connectivity index (χ2n) is 5.50. The van der Waals surface area contributed by atoms with Crippen LogP contribution < -0.4 is 11.1 Å². The van der Waals surface area contributed by atoms with E-state index in [1.54, 1.807) is 0 Å². The summed E-state index contributed by atoms with van der Waals surface area (Å²) in [5.74, 6) is 2.33. The molecule has 0 radical (unpaired) electrons. The summed E-state index contributed by atoms with van der Waals surface area (Å²) in [6.45, 7) is 1.44. The zero-order valence-electron chi connectivity index (χ0n) is 10.9. The number of aromatic nitrogens is 2. The van der Waals surface area contributed by atoms with E-state index in [1.807, 2.05) is 6.20 Å². The highest BCUT2D eigenvalue weighted by molar-refractivity contribution is 5.48. The maximum absolute atomic E-state index is 5.56. The molecule has 2 aliphatic carbocycles. The predicted molar refractivity (Wildman–Crippen MR) is 72.8 cm³/mol. The van der Waals surface area contributed by atoms with Crippen molar-refractivity contribution in [1.29, 1.82) is 0 Å². The van der Waals surface area contributed by atoms with Gasteiger partial charge in [-0.15, -0.1) is 0 Å². The normalized spacial score (nSPS) is 20.3. The lowest BCUT2D eigenvalue weighted by atomic mass is 10.0. The molecule has 2 fully saturated rings. The van der Waals surface area contributed by atoms with Gasteiger partial charge in [0.25, 0.3) is 0 Å². The van der Waals surface area contributed by atoms with Gasteiger partial charge in [0.15, 0.2) is 0 Å². The Kier molecular flexibility index (Phi) is 3.46. The smallest absolute Gasteiger partial charge is 0.131 e. The van der Waals surface area contributed by atoms with Crippen LogP contribution in [-0.4, -0.2) is 23.1 Å². The number of nitrogens with zero attached hydrogens (tertiary/aromatic N) is 2. The van der Waals surface area contributed by atoms with E-state index in [9.17, 15) is 0 Å². The zero-order valence-corrected chi connectivity index (χ0v) is 10.9. The van der Waals surface area contributed by atoms with Crippen LogP contribution in [-0.2, 0) is 0 Å². The highest BCUT2D eigenvalue weighted by atomic mass is 15.0. The molecule has 1 aromatic heterocycles. The fraction of sp³-hybridized carbons (Fsp3) is 0.714. The summed E-state index contributed by atoms with van der Waals surface area (Å²) in [6.07, 6.45) is 9.73. The van der Waals surface area contributed by atoms with Crippen LogP contribution in [0, 0.1) is 0 Å². The average Bonchev–Trinajstić information content (AvgIpc) is 3.11. The molecule has 0 aliphatic heterocycles. The van der Waals surface area contributed by atoms with Crippen LogP contribution in [0.1, 0.15) is 61.9 Å². The van der Waals surface area contributed by atoms with Gasteiger partial charge in [-0.1, -0.05) is 12.8 Å². The van der Waals surface area contributed by atoms with E-state index < -0.39 is 0 Å². The second-order valence-corrected chi connectivity index (χ2v) is 5.50. The number of rotatable bonds is 5. The molecule has 3 rings (SSSR count). The molecule has 2 aliphatic rings. The van der Waals surface area contributed by atoms with Gasteiger partial charge in [0.05, 0.1) is 17.6 Å². The lowest BCUT2D eigenvalue weighted by Crippen LogP contribution is -2.16. The van der Waals surface area contributed by atoms with E-state index in [1.165, 1.54) is 44.2 Å². The van der Waals surface area contributed by atoms with Gasteiger partial charge in [0, 0.05) is 24.9 Å². The van der Waals surface area contributed by atoms with E-state index in [-0.39, 0.29) is 0 Å². The molecular formula is C14H22N4. The lowest BCUT2D eigenvalue weighted by molar-refractivity contribution is 0.684. The third kappa shape index (κ3) is 2.48. The van der Waals surface area contributed by atoms with E-state index in [2.05, 4.69) is 10.3 Å². The van der Waals surface area contributed by atoms with Crippen LogP contribution >= 0.6 is 0 Å². The standard InChI is InChI=1S/C14H22N4/c15-7-8-16-12-9-17-14(11-5-6-11)18-13(12)10-3-1-2-4-10/h9-11,16H,1-8,15H2. The minimum atomic E-state index is 0.630. The van der Waals surface area contributed by atoms with Gasteiger partial charge in [-0.05, 0) is 25.7 Å². The Bertz CT molecular complexity index is 408. The zero-order chi connectivity index (χ0) is 12.4. The maximum atomic E-state index is 5.56. The van der Waals surface area contributed by atoms with Crippen LogP contribution in [0.4, 0.5) is 5.69 Å². The molecule has 0 atom stereocenters. The van der Waals surface area contributed by atoms with Crippen molar-refractivity contribution in [3.63, 3.8) is 0 Å². The first-order chi connectivity index (χ1) is 8.88. The lowest BCUT2D eigenvalue weighted by Gasteiger charge is -2.16. The molecule has 98 valence electrons. The van der Waals surface area contributed by atoms with Crippen molar-refractivity contribution in [3.05, 3.63) is 17.7 Å². The molecule has 1 heterocycles. The summed E-state index contributed by atoms with van der Waals surface area (Å²) in [4.78, 5) is 9.37. The first-order valence-corrected chi connectivity index (χ1v) is 7.19. The summed E-state index contributed by atoms with van der Waals surface area (Å²) in [7, 11) is 0. The maximum Gasteiger partial charge on any atom is 0.131 e. The Morgan fingerprint density at radius 2 is 1.94 bits per heavy atom. The summed E-state index contributed by atoms with van der Waals surface area (Å²) >= 11 is 0. The summed E-state index contributed by atoms with van der Waals surface area (Å²) in [6, 6.07) is 0. The molecule has 0 amide bonds. The van der Waals surface area contributed by atoms with Gasteiger partial charge in [-0.2, -0.15) is 0 Å². The molecule has 0 spiro atoms. The minimum Gasteiger partial charge on any atom is -0.381 e. The van der Waals surface area contributed by atoms with Crippen LogP contribution in [0.2, 0.25) is 0 Å². The first kappa shape index (κ1) is 11.9. The van der Waals surface area contributed by atoms with Gasteiger partial charge < -0.3 is 11.1 Å². The van der Waals surface area contributed by atoms with Crippen molar-refractivity contribution in [2.45, 2.75) is 50.4 Å². The SMILES string of the molecule is NCCNc1cnc(C2CC2)nc1C1CCCC1. The van der Waals surface area contributed by atoms with E-state index in [0.29, 0.717) is 18.4 Å². The average molecular weight is 246 g/mol. The van der Waals surface area contributed by atoms with Gasteiger partial charge in [0.1, 0.15) is 5.82 Å². The van der Waals surface area contributed by atoms with Crippen LogP contribution in [0.5, 0.6) is 0 Å². The number of anilines is 1. The van der Waals surface area contributed by atoms with Crippen molar-refractivity contribution in [3.8, 4) is 0 Å². The van der Waals surface area contributed by atoms with Gasteiger partial charge >= 0.3 is 0 Å². The molecule has 0 unspecified atom stereocenters. The number of nitrogens with one attached hydrogen (secondary N) is 1. The fourth-order valence-corrected chi connectivity index (χ4v) is 2.80. The molecule has 1 aromatic rings. The number of hydrogen-bond donors (Lipinski definition) is 2. The van der Waals surface area contributed by atoms with Crippen molar-refractivity contribution in [1.82, 2.24) is 9.97 Å². The second kappa shape index (κ2) is 5.22. The van der Waals surface area contributed by atoms with Crippen LogP contribution in [0.3, 0.4) is 0 Å². The van der Waals surface area contributed by atoms with E-state index >= 15 is 0 Å². The van der Waals surface area contributed by atoms with Gasteiger partial charge in [-0.25, -0.2) is 9.97 Å². The molecular weight excluding hydrogens is 224 g/mol. The monoisotopic (exact) mass is 246 g/mol. The first-order valence-electron chi connectivity index (χ1n) is 7.19. The van der Waals surface area contributed by atoms with Gasteiger partial charge in [0.2, 0.25) is 0 Å². The molecule has 3 N–H and O–H groups in total. The van der Waals surface area contributed by atoms with Crippen LogP contribution in [0.15, 0.2) is 6.20 Å². The number of hydrogen-bond acceptors (Lipinski definition) is 4. The Hall–Kier alpha value is -1.16. The molecule has 2 saturated carbocycles. The Balaban J connectivity index is 1.86. The fourth-order valence-electron chi connectivity index (χ4n) is 2.80. The largest absolute Gasteiger partial charge is 0.381 e. The van der Waals surface area contributed by atoms with E-state index in [4.69, 9.17) is 10.7 Å². The third-order valence-electron chi connectivity index (χ3n) is 3.98. The Morgan fingerprint density at radius 3 is 2.61 bits per heavy atom. The van der Waals surface area contributed by atoms with Crippen LogP contribution in [0.25, 0.3) is 0 Å². The highest BCUT2D eigenvalue weighted by Gasteiger charge is 2.29. The molecule has 0 bridgehead atoms. The Labute approximate surface area is 108 Å². The molecule has 0 aromatic carbocycles. The van der Waals surface area contributed by atoms with Crippen molar-refractivity contribution < 1.29 is 0 Å². The van der Waals surface area contributed by atoms with Crippen molar-refractivity contribution in [2.75, 3.05) is 18.4 Å². The molecule has 4 heteroatoms.